The molecule has 5 nitrogen and oxygen atoms in total. The van der Waals surface area contributed by atoms with Gasteiger partial charge < -0.3 is 15.5 Å². The lowest BCUT2D eigenvalue weighted by molar-refractivity contribution is -0.127. The van der Waals surface area contributed by atoms with E-state index in [-0.39, 0.29) is 17.7 Å². The van der Waals surface area contributed by atoms with E-state index in [1.165, 1.54) is 0 Å². The van der Waals surface area contributed by atoms with Crippen molar-refractivity contribution in [2.75, 3.05) is 30.8 Å². The van der Waals surface area contributed by atoms with Crippen molar-refractivity contribution in [3.8, 4) is 0 Å². The number of rotatable bonds is 1. The topological polar surface area (TPSA) is 66.6 Å². The van der Waals surface area contributed by atoms with Crippen molar-refractivity contribution in [2.45, 2.75) is 19.3 Å². The van der Waals surface area contributed by atoms with Crippen LogP contribution in [-0.4, -0.2) is 36.9 Å². The van der Waals surface area contributed by atoms with Crippen LogP contribution >= 0.6 is 0 Å². The number of carbonyl (C=O) groups is 2. The Morgan fingerprint density at radius 2 is 2.20 bits per heavy atom. The molecule has 3 rings (SSSR count). The number of amides is 2. The first kappa shape index (κ1) is 13.0. The normalized spacial score (nSPS) is 22.1. The molecule has 0 aliphatic carbocycles. The number of hydrogen-bond acceptors (Lipinski definition) is 3. The van der Waals surface area contributed by atoms with Gasteiger partial charge in [-0.3, -0.25) is 9.59 Å². The Morgan fingerprint density at radius 3 is 2.90 bits per heavy atom. The predicted octanol–water partition coefficient (Wildman–Crippen LogP) is 1.03. The second kappa shape index (κ2) is 4.81. The van der Waals surface area contributed by atoms with Gasteiger partial charge in [-0.2, -0.15) is 0 Å². The molecule has 0 saturated carbocycles. The molecule has 2 aliphatic rings. The smallest absolute Gasteiger partial charge is 0.232 e. The van der Waals surface area contributed by atoms with Crippen LogP contribution in [0.1, 0.15) is 18.4 Å². The Balaban J connectivity index is 1.88. The van der Waals surface area contributed by atoms with Gasteiger partial charge in [-0.15, -0.1) is 0 Å². The Bertz CT molecular complexity index is 570. The number of nitrogens with zero attached hydrogens (tertiary/aromatic N) is 2. The molecule has 1 aromatic rings. The van der Waals surface area contributed by atoms with Crippen molar-refractivity contribution in [3.63, 3.8) is 0 Å². The minimum atomic E-state index is -0.222. The van der Waals surface area contributed by atoms with E-state index < -0.39 is 0 Å². The minimum absolute atomic E-state index is 0.0492. The van der Waals surface area contributed by atoms with Crippen LogP contribution in [0.25, 0.3) is 0 Å². The zero-order valence-corrected chi connectivity index (χ0v) is 11.6. The lowest BCUT2D eigenvalue weighted by Gasteiger charge is -2.32. The van der Waals surface area contributed by atoms with Crippen molar-refractivity contribution in [2.24, 2.45) is 5.92 Å². The molecule has 106 valence electrons. The van der Waals surface area contributed by atoms with Crippen molar-refractivity contribution < 1.29 is 9.59 Å². The van der Waals surface area contributed by atoms with Crippen LogP contribution in [-0.2, 0) is 16.0 Å². The average molecular weight is 273 g/mol. The third-order valence-electron chi connectivity index (χ3n) is 4.24. The summed E-state index contributed by atoms with van der Waals surface area (Å²) in [5.41, 5.74) is 8.73. The lowest BCUT2D eigenvalue weighted by atomic mass is 9.97. The van der Waals surface area contributed by atoms with Gasteiger partial charge in [0.05, 0.1) is 5.92 Å². The summed E-state index contributed by atoms with van der Waals surface area (Å²) < 4.78 is 0. The number of benzene rings is 1. The van der Waals surface area contributed by atoms with Crippen molar-refractivity contribution in [1.29, 1.82) is 0 Å². The van der Waals surface area contributed by atoms with E-state index in [0.29, 0.717) is 19.5 Å². The van der Waals surface area contributed by atoms with Gasteiger partial charge >= 0.3 is 0 Å². The molecular formula is C15H19N3O2. The van der Waals surface area contributed by atoms with Crippen LogP contribution in [0.4, 0.5) is 11.4 Å². The maximum atomic E-state index is 12.7. The number of nitrogens with two attached hydrogens (primary N) is 1. The molecule has 0 aromatic heterocycles. The zero-order chi connectivity index (χ0) is 14.3. The van der Waals surface area contributed by atoms with E-state index in [0.717, 1.165) is 29.8 Å². The van der Waals surface area contributed by atoms with Gasteiger partial charge in [0.25, 0.3) is 0 Å². The summed E-state index contributed by atoms with van der Waals surface area (Å²) in [7, 11) is 1.75. The number of fused-ring (bicyclic) bond motifs is 1. The maximum absolute atomic E-state index is 12.7. The van der Waals surface area contributed by atoms with E-state index in [4.69, 9.17) is 5.73 Å². The van der Waals surface area contributed by atoms with Gasteiger partial charge in [-0.25, -0.2) is 0 Å². The van der Waals surface area contributed by atoms with E-state index in [9.17, 15) is 9.59 Å². The van der Waals surface area contributed by atoms with Crippen LogP contribution in [0, 0.1) is 5.92 Å². The predicted molar refractivity (Wildman–Crippen MR) is 77.3 cm³/mol. The monoisotopic (exact) mass is 273 g/mol. The maximum Gasteiger partial charge on any atom is 0.232 e. The fraction of sp³-hybridized carbons (Fsp3) is 0.467. The standard InChI is InChI=1S/C15H19N3O2/c1-17-9-10(8-14(17)19)15(20)18-7-3-4-11-12(16)5-2-6-13(11)18/h2,5-6,10H,3-4,7-9,16H2,1H3. The molecule has 2 amide bonds. The highest BCUT2D eigenvalue weighted by Gasteiger charge is 2.36. The second-order valence-corrected chi connectivity index (χ2v) is 5.61. The summed E-state index contributed by atoms with van der Waals surface area (Å²) >= 11 is 0. The molecule has 1 aromatic carbocycles. The highest BCUT2D eigenvalue weighted by atomic mass is 16.2. The molecular weight excluding hydrogens is 254 g/mol. The first-order chi connectivity index (χ1) is 9.58. The fourth-order valence-electron chi connectivity index (χ4n) is 3.13. The molecule has 0 spiro atoms. The minimum Gasteiger partial charge on any atom is -0.398 e. The third-order valence-corrected chi connectivity index (χ3v) is 4.24. The van der Waals surface area contributed by atoms with Crippen LogP contribution in [0.5, 0.6) is 0 Å². The summed E-state index contributed by atoms with van der Waals surface area (Å²) in [6.07, 6.45) is 2.15. The molecule has 2 aliphatic heterocycles. The molecule has 1 saturated heterocycles. The summed E-state index contributed by atoms with van der Waals surface area (Å²) in [5, 5.41) is 0. The molecule has 2 N–H and O–H groups in total. The van der Waals surface area contributed by atoms with Crippen molar-refractivity contribution in [3.05, 3.63) is 23.8 Å². The van der Waals surface area contributed by atoms with Gasteiger partial charge in [-0.05, 0) is 30.5 Å². The first-order valence-corrected chi connectivity index (χ1v) is 7.00. The quantitative estimate of drug-likeness (QED) is 0.777. The van der Waals surface area contributed by atoms with Gasteiger partial charge in [0.1, 0.15) is 0 Å². The fourth-order valence-corrected chi connectivity index (χ4v) is 3.13. The van der Waals surface area contributed by atoms with Crippen LogP contribution in [0.2, 0.25) is 0 Å². The van der Waals surface area contributed by atoms with Gasteiger partial charge in [0.15, 0.2) is 0 Å². The Kier molecular flexibility index (Phi) is 3.12. The second-order valence-electron chi connectivity index (χ2n) is 5.61. The van der Waals surface area contributed by atoms with Crippen molar-refractivity contribution >= 4 is 23.2 Å². The van der Waals surface area contributed by atoms with Crippen LogP contribution < -0.4 is 10.6 Å². The highest BCUT2D eigenvalue weighted by Crippen LogP contribution is 2.33. The Morgan fingerprint density at radius 1 is 1.40 bits per heavy atom. The van der Waals surface area contributed by atoms with E-state index in [1.54, 1.807) is 11.9 Å². The molecule has 20 heavy (non-hydrogen) atoms. The van der Waals surface area contributed by atoms with Crippen LogP contribution in [0.15, 0.2) is 18.2 Å². The molecule has 1 atom stereocenters. The molecule has 2 heterocycles. The Hall–Kier alpha value is -2.04. The van der Waals surface area contributed by atoms with Gasteiger partial charge in [0.2, 0.25) is 11.8 Å². The summed E-state index contributed by atoms with van der Waals surface area (Å²) in [6, 6.07) is 5.70. The number of anilines is 2. The zero-order valence-electron chi connectivity index (χ0n) is 11.6. The van der Waals surface area contributed by atoms with Crippen LogP contribution in [0.3, 0.4) is 0 Å². The molecule has 0 radical (unpaired) electrons. The molecule has 1 unspecified atom stereocenters. The molecule has 1 fully saturated rings. The SMILES string of the molecule is CN1CC(C(=O)N2CCCc3c(N)cccc32)CC1=O. The molecule has 5 heteroatoms. The first-order valence-electron chi connectivity index (χ1n) is 7.00. The number of likely N-dealkylation sites (tertiary alicyclic amines) is 1. The van der Waals surface area contributed by atoms with E-state index in [2.05, 4.69) is 0 Å². The van der Waals surface area contributed by atoms with Gasteiger partial charge in [0, 0.05) is 37.9 Å². The third kappa shape index (κ3) is 2.03. The number of carbonyl (C=O) groups excluding carboxylic acids is 2. The highest BCUT2D eigenvalue weighted by molar-refractivity contribution is 6.00. The lowest BCUT2D eigenvalue weighted by Crippen LogP contribution is -2.40. The van der Waals surface area contributed by atoms with Crippen molar-refractivity contribution in [1.82, 2.24) is 4.90 Å². The summed E-state index contributed by atoms with van der Waals surface area (Å²) in [4.78, 5) is 27.7. The number of hydrogen-bond donors (Lipinski definition) is 1. The Labute approximate surface area is 118 Å². The number of nitrogen functional groups attached to an aromatic ring is 1. The van der Waals surface area contributed by atoms with Gasteiger partial charge in [-0.1, -0.05) is 6.07 Å². The summed E-state index contributed by atoms with van der Waals surface area (Å²) in [5.74, 6) is -0.123. The largest absolute Gasteiger partial charge is 0.398 e. The molecule has 0 bridgehead atoms. The summed E-state index contributed by atoms with van der Waals surface area (Å²) in [6.45, 7) is 1.23. The van der Waals surface area contributed by atoms with E-state index >= 15 is 0 Å². The van der Waals surface area contributed by atoms with E-state index in [1.807, 2.05) is 23.1 Å². The average Bonchev–Trinajstić information content (AvgIpc) is 2.78.